The van der Waals surface area contributed by atoms with Gasteiger partial charge in [0.2, 0.25) is 0 Å². The van der Waals surface area contributed by atoms with Crippen LogP contribution in [0.2, 0.25) is 5.02 Å². The number of anilines is 1. The van der Waals surface area contributed by atoms with Crippen molar-refractivity contribution in [2.24, 2.45) is 0 Å². The van der Waals surface area contributed by atoms with Crippen LogP contribution in [0, 0.1) is 0 Å². The molecule has 0 heterocycles. The molecule has 0 saturated carbocycles. The Hall–Kier alpha value is -0.840. The van der Waals surface area contributed by atoms with Crippen molar-refractivity contribution >= 4 is 55.1 Å². The zero-order valence-corrected chi connectivity index (χ0v) is 13.0. The number of halogens is 3. The van der Waals surface area contributed by atoms with Crippen LogP contribution in [0.5, 0.6) is 0 Å². The maximum Gasteiger partial charge on any atom is 0.255 e. The monoisotopic (exact) mass is 387 g/mol. The lowest BCUT2D eigenvalue weighted by molar-refractivity contribution is 0.102. The summed E-state index contributed by atoms with van der Waals surface area (Å²) in [6.07, 6.45) is 0. The van der Waals surface area contributed by atoms with Gasteiger partial charge in [-0.2, -0.15) is 0 Å². The van der Waals surface area contributed by atoms with Crippen LogP contribution in [-0.4, -0.2) is 5.91 Å². The molecule has 0 radical (unpaired) electrons. The van der Waals surface area contributed by atoms with Gasteiger partial charge in [-0.05, 0) is 56.1 Å². The molecule has 2 rings (SSSR count). The molecule has 0 unspecified atom stereocenters. The standard InChI is InChI=1S/C13H8Br2ClNO/c14-9-7-12(10(15)6-11(9)16)17-13(18)8-4-2-1-3-5-8/h1-7H,(H,17,18). The Morgan fingerprint density at radius 1 is 1.06 bits per heavy atom. The molecule has 2 nitrogen and oxygen atoms in total. The molecule has 0 spiro atoms. The minimum atomic E-state index is -0.162. The van der Waals surface area contributed by atoms with E-state index < -0.39 is 0 Å². The lowest BCUT2D eigenvalue weighted by Gasteiger charge is -2.09. The predicted octanol–water partition coefficient (Wildman–Crippen LogP) is 5.12. The quantitative estimate of drug-likeness (QED) is 0.710. The third-order valence-corrected chi connectivity index (χ3v) is 4.15. The Labute approximate surface area is 127 Å². The third kappa shape index (κ3) is 3.13. The fourth-order valence-electron chi connectivity index (χ4n) is 1.40. The maximum absolute atomic E-state index is 12.0. The Balaban J connectivity index is 2.25. The summed E-state index contributed by atoms with van der Waals surface area (Å²) in [7, 11) is 0. The molecule has 0 fully saturated rings. The molecule has 92 valence electrons. The lowest BCUT2D eigenvalue weighted by Crippen LogP contribution is -2.12. The molecule has 0 atom stereocenters. The smallest absolute Gasteiger partial charge is 0.255 e. The predicted molar refractivity (Wildman–Crippen MR) is 81.2 cm³/mol. The summed E-state index contributed by atoms with van der Waals surface area (Å²) in [6, 6.07) is 12.5. The maximum atomic E-state index is 12.0. The van der Waals surface area contributed by atoms with Gasteiger partial charge in [-0.1, -0.05) is 29.8 Å². The number of benzene rings is 2. The molecule has 0 aliphatic rings. The van der Waals surface area contributed by atoms with E-state index in [4.69, 9.17) is 11.6 Å². The zero-order chi connectivity index (χ0) is 13.1. The number of amides is 1. The van der Waals surface area contributed by atoms with E-state index in [2.05, 4.69) is 37.2 Å². The number of carbonyl (C=O) groups is 1. The molecule has 0 aromatic heterocycles. The van der Waals surface area contributed by atoms with Crippen molar-refractivity contribution < 1.29 is 4.79 Å². The molecular formula is C13H8Br2ClNO. The van der Waals surface area contributed by atoms with E-state index in [1.54, 1.807) is 24.3 Å². The summed E-state index contributed by atoms with van der Waals surface area (Å²) in [5.74, 6) is -0.162. The van der Waals surface area contributed by atoms with Crippen molar-refractivity contribution in [3.63, 3.8) is 0 Å². The minimum absolute atomic E-state index is 0.162. The highest BCUT2D eigenvalue weighted by molar-refractivity contribution is 9.11. The lowest BCUT2D eigenvalue weighted by atomic mass is 10.2. The average molecular weight is 389 g/mol. The van der Waals surface area contributed by atoms with Crippen molar-refractivity contribution in [3.8, 4) is 0 Å². The van der Waals surface area contributed by atoms with Crippen LogP contribution in [0.25, 0.3) is 0 Å². The van der Waals surface area contributed by atoms with Gasteiger partial charge in [-0.15, -0.1) is 0 Å². The van der Waals surface area contributed by atoms with Gasteiger partial charge in [-0.25, -0.2) is 0 Å². The summed E-state index contributed by atoms with van der Waals surface area (Å²) in [5.41, 5.74) is 1.27. The Morgan fingerprint density at radius 3 is 2.39 bits per heavy atom. The van der Waals surface area contributed by atoms with Crippen molar-refractivity contribution in [3.05, 3.63) is 62.0 Å². The molecule has 0 saturated heterocycles. The molecule has 2 aromatic rings. The second kappa shape index (κ2) is 5.87. The van der Waals surface area contributed by atoms with Crippen LogP contribution in [0.1, 0.15) is 10.4 Å². The fourth-order valence-corrected chi connectivity index (χ4v) is 2.48. The van der Waals surface area contributed by atoms with E-state index >= 15 is 0 Å². The summed E-state index contributed by atoms with van der Waals surface area (Å²) >= 11 is 12.6. The number of nitrogens with one attached hydrogen (secondary N) is 1. The normalized spacial score (nSPS) is 10.2. The first-order chi connectivity index (χ1) is 8.58. The second-order valence-corrected chi connectivity index (χ2v) is 5.68. The average Bonchev–Trinajstić information content (AvgIpc) is 2.37. The third-order valence-electron chi connectivity index (χ3n) is 2.29. The molecule has 1 N–H and O–H groups in total. The summed E-state index contributed by atoms with van der Waals surface area (Å²) < 4.78 is 1.47. The summed E-state index contributed by atoms with van der Waals surface area (Å²) in [5, 5.41) is 3.40. The topological polar surface area (TPSA) is 29.1 Å². The van der Waals surface area contributed by atoms with Gasteiger partial charge >= 0.3 is 0 Å². The Bertz CT molecular complexity index is 587. The Kier molecular flexibility index (Phi) is 4.43. The largest absolute Gasteiger partial charge is 0.321 e. The van der Waals surface area contributed by atoms with E-state index in [1.807, 2.05) is 18.2 Å². The summed E-state index contributed by atoms with van der Waals surface area (Å²) in [6.45, 7) is 0. The van der Waals surface area contributed by atoms with Crippen LogP contribution in [0.15, 0.2) is 51.4 Å². The van der Waals surface area contributed by atoms with Crippen molar-refractivity contribution in [2.75, 3.05) is 5.32 Å². The highest BCUT2D eigenvalue weighted by Crippen LogP contribution is 2.32. The van der Waals surface area contributed by atoms with Crippen molar-refractivity contribution in [2.45, 2.75) is 0 Å². The van der Waals surface area contributed by atoms with Crippen molar-refractivity contribution in [1.29, 1.82) is 0 Å². The van der Waals surface area contributed by atoms with Crippen LogP contribution in [-0.2, 0) is 0 Å². The SMILES string of the molecule is O=C(Nc1cc(Br)c(Cl)cc1Br)c1ccccc1. The number of hydrogen-bond donors (Lipinski definition) is 1. The van der Waals surface area contributed by atoms with E-state index in [0.29, 0.717) is 16.3 Å². The molecule has 2 aromatic carbocycles. The van der Waals surface area contributed by atoms with Crippen LogP contribution < -0.4 is 5.32 Å². The van der Waals surface area contributed by atoms with Gasteiger partial charge < -0.3 is 5.32 Å². The van der Waals surface area contributed by atoms with E-state index in [-0.39, 0.29) is 5.91 Å². The molecule has 0 bridgehead atoms. The van der Waals surface area contributed by atoms with E-state index in [9.17, 15) is 4.79 Å². The molecule has 0 aliphatic carbocycles. The van der Waals surface area contributed by atoms with Crippen LogP contribution in [0.4, 0.5) is 5.69 Å². The zero-order valence-electron chi connectivity index (χ0n) is 9.08. The fraction of sp³-hybridized carbons (Fsp3) is 0. The molecule has 1 amide bonds. The first kappa shape index (κ1) is 13.6. The Morgan fingerprint density at radius 2 is 1.72 bits per heavy atom. The summed E-state index contributed by atoms with van der Waals surface area (Å²) in [4.78, 5) is 12.0. The first-order valence-corrected chi connectivity index (χ1v) is 7.05. The van der Waals surface area contributed by atoms with E-state index in [1.165, 1.54) is 0 Å². The van der Waals surface area contributed by atoms with Gasteiger partial charge in [-0.3, -0.25) is 4.79 Å². The molecule has 5 heteroatoms. The highest BCUT2D eigenvalue weighted by atomic mass is 79.9. The van der Waals surface area contributed by atoms with Gasteiger partial charge in [0.1, 0.15) is 0 Å². The van der Waals surface area contributed by atoms with Gasteiger partial charge in [0.05, 0.1) is 10.7 Å². The van der Waals surface area contributed by atoms with Crippen molar-refractivity contribution in [1.82, 2.24) is 0 Å². The van der Waals surface area contributed by atoms with Gasteiger partial charge in [0.25, 0.3) is 5.91 Å². The first-order valence-electron chi connectivity index (χ1n) is 5.09. The minimum Gasteiger partial charge on any atom is -0.321 e. The van der Waals surface area contributed by atoms with Gasteiger partial charge in [0.15, 0.2) is 0 Å². The van der Waals surface area contributed by atoms with Crippen LogP contribution >= 0.6 is 43.5 Å². The molecular weight excluding hydrogens is 381 g/mol. The van der Waals surface area contributed by atoms with Crippen LogP contribution in [0.3, 0.4) is 0 Å². The molecule has 18 heavy (non-hydrogen) atoms. The number of carbonyl (C=O) groups excluding carboxylic acids is 1. The number of rotatable bonds is 2. The number of hydrogen-bond acceptors (Lipinski definition) is 1. The van der Waals surface area contributed by atoms with Gasteiger partial charge in [0, 0.05) is 14.5 Å². The van der Waals surface area contributed by atoms with E-state index in [0.717, 1.165) is 8.95 Å². The molecule has 0 aliphatic heterocycles. The highest BCUT2D eigenvalue weighted by Gasteiger charge is 2.10. The second-order valence-electron chi connectivity index (χ2n) is 3.57.